The molecule has 3 N–H and O–H groups in total. The quantitative estimate of drug-likeness (QED) is 0.803. The first-order valence-electron chi connectivity index (χ1n) is 5.91. The molecular weight excluding hydrogens is 200 g/mol. The van der Waals surface area contributed by atoms with Crippen LogP contribution >= 0.6 is 0 Å². The highest BCUT2D eigenvalue weighted by atomic mass is 16.3. The highest BCUT2D eigenvalue weighted by molar-refractivity contribution is 5.54. The zero-order valence-electron chi connectivity index (χ0n) is 10.4. The van der Waals surface area contributed by atoms with Crippen molar-refractivity contribution in [2.75, 3.05) is 24.5 Å². The summed E-state index contributed by atoms with van der Waals surface area (Å²) >= 11 is 0. The summed E-state index contributed by atoms with van der Waals surface area (Å²) in [6.07, 6.45) is 0. The maximum Gasteiger partial charge on any atom is 0.121 e. The van der Waals surface area contributed by atoms with Gasteiger partial charge in [-0.05, 0) is 37.9 Å². The van der Waals surface area contributed by atoms with Crippen molar-refractivity contribution in [1.82, 2.24) is 0 Å². The van der Waals surface area contributed by atoms with Gasteiger partial charge in [0.15, 0.2) is 0 Å². The van der Waals surface area contributed by atoms with Crippen LogP contribution in [0.15, 0.2) is 18.2 Å². The molecule has 0 heterocycles. The molecule has 1 aromatic carbocycles. The molecule has 0 spiro atoms. The lowest BCUT2D eigenvalue weighted by Gasteiger charge is -2.22. The van der Waals surface area contributed by atoms with Crippen molar-refractivity contribution in [3.63, 3.8) is 0 Å². The highest BCUT2D eigenvalue weighted by Gasteiger charge is 2.11. The minimum atomic E-state index is 0.200. The number of nitrogens with two attached hydrogens (primary N) is 1. The molecule has 0 bridgehead atoms. The van der Waals surface area contributed by atoms with E-state index in [1.54, 1.807) is 0 Å². The summed E-state index contributed by atoms with van der Waals surface area (Å²) in [5, 5.41) is 9.95. The lowest BCUT2D eigenvalue weighted by molar-refractivity contribution is 0.463. The molecule has 0 aliphatic carbocycles. The van der Waals surface area contributed by atoms with E-state index in [9.17, 15) is 5.11 Å². The molecule has 0 aliphatic rings. The van der Waals surface area contributed by atoms with Crippen molar-refractivity contribution in [3.8, 4) is 5.75 Å². The summed E-state index contributed by atoms with van der Waals surface area (Å²) in [7, 11) is 0. The Bertz CT molecular complexity index is 335. The summed E-state index contributed by atoms with van der Waals surface area (Å²) in [6.45, 7) is 8.68. The van der Waals surface area contributed by atoms with Gasteiger partial charge < -0.3 is 15.7 Å². The lowest BCUT2D eigenvalue weighted by atomic mass is 10.00. The van der Waals surface area contributed by atoms with E-state index in [4.69, 9.17) is 5.73 Å². The molecule has 0 aromatic heterocycles. The molecule has 0 saturated carbocycles. The molecule has 0 saturated heterocycles. The number of benzene rings is 1. The Morgan fingerprint density at radius 3 is 2.38 bits per heavy atom. The Hall–Kier alpha value is -1.22. The normalized spacial score (nSPS) is 12.5. The third kappa shape index (κ3) is 2.67. The fraction of sp³-hybridized carbons (Fsp3) is 0.538. The Morgan fingerprint density at radius 1 is 1.31 bits per heavy atom. The van der Waals surface area contributed by atoms with Gasteiger partial charge in [0.25, 0.3) is 0 Å². The second-order valence-electron chi connectivity index (χ2n) is 4.05. The smallest absolute Gasteiger partial charge is 0.121 e. The van der Waals surface area contributed by atoms with Crippen molar-refractivity contribution in [1.29, 1.82) is 0 Å². The van der Waals surface area contributed by atoms with Crippen LogP contribution in [-0.4, -0.2) is 24.7 Å². The van der Waals surface area contributed by atoms with Crippen LogP contribution in [0.5, 0.6) is 5.75 Å². The van der Waals surface area contributed by atoms with Gasteiger partial charge >= 0.3 is 0 Å². The molecule has 0 amide bonds. The van der Waals surface area contributed by atoms with E-state index >= 15 is 0 Å². The first-order valence-corrected chi connectivity index (χ1v) is 5.91. The van der Waals surface area contributed by atoms with Crippen LogP contribution < -0.4 is 10.6 Å². The number of hydrogen-bond donors (Lipinski definition) is 2. The number of phenolic OH excluding ortho intramolecular Hbond substituents is 1. The zero-order valence-corrected chi connectivity index (χ0v) is 10.4. The van der Waals surface area contributed by atoms with Gasteiger partial charge in [-0.15, -0.1) is 0 Å². The van der Waals surface area contributed by atoms with Crippen LogP contribution in [0, 0.1) is 0 Å². The van der Waals surface area contributed by atoms with Crippen molar-refractivity contribution in [3.05, 3.63) is 23.8 Å². The van der Waals surface area contributed by atoms with E-state index in [1.807, 2.05) is 25.1 Å². The number of aromatic hydroxyl groups is 1. The number of phenols is 1. The van der Waals surface area contributed by atoms with Crippen LogP contribution in [0.4, 0.5) is 5.69 Å². The van der Waals surface area contributed by atoms with Gasteiger partial charge in [0.2, 0.25) is 0 Å². The molecule has 0 radical (unpaired) electrons. The van der Waals surface area contributed by atoms with Crippen LogP contribution in [0.1, 0.15) is 32.3 Å². The first-order chi connectivity index (χ1) is 7.63. The van der Waals surface area contributed by atoms with E-state index in [0.717, 1.165) is 24.3 Å². The number of nitrogens with zero attached hydrogens (tertiary/aromatic N) is 1. The van der Waals surface area contributed by atoms with E-state index < -0.39 is 0 Å². The van der Waals surface area contributed by atoms with Crippen LogP contribution in [0.2, 0.25) is 0 Å². The SMILES string of the molecule is CCN(CC)c1ccc(C(C)CN)c(O)c1. The summed E-state index contributed by atoms with van der Waals surface area (Å²) in [6, 6.07) is 5.85. The van der Waals surface area contributed by atoms with Crippen LogP contribution in [-0.2, 0) is 0 Å². The van der Waals surface area contributed by atoms with E-state index in [1.165, 1.54) is 0 Å². The number of rotatable bonds is 5. The van der Waals surface area contributed by atoms with E-state index in [2.05, 4.69) is 18.7 Å². The summed E-state index contributed by atoms with van der Waals surface area (Å²) in [4.78, 5) is 2.20. The van der Waals surface area contributed by atoms with Gasteiger partial charge in [-0.1, -0.05) is 13.0 Å². The third-order valence-corrected chi connectivity index (χ3v) is 3.03. The zero-order chi connectivity index (χ0) is 12.1. The topological polar surface area (TPSA) is 49.5 Å². The molecule has 16 heavy (non-hydrogen) atoms. The average Bonchev–Trinajstić information content (AvgIpc) is 2.30. The van der Waals surface area contributed by atoms with Crippen molar-refractivity contribution < 1.29 is 5.11 Å². The van der Waals surface area contributed by atoms with Gasteiger partial charge in [-0.2, -0.15) is 0 Å². The minimum absolute atomic E-state index is 0.200. The van der Waals surface area contributed by atoms with Crippen molar-refractivity contribution in [2.24, 2.45) is 5.73 Å². The van der Waals surface area contributed by atoms with Gasteiger partial charge in [0.1, 0.15) is 5.75 Å². The molecule has 3 heteroatoms. The van der Waals surface area contributed by atoms with Crippen LogP contribution in [0.25, 0.3) is 0 Å². The Morgan fingerprint density at radius 2 is 1.94 bits per heavy atom. The maximum atomic E-state index is 9.95. The molecule has 1 atom stereocenters. The monoisotopic (exact) mass is 222 g/mol. The molecule has 0 fully saturated rings. The van der Waals surface area contributed by atoms with Gasteiger partial charge in [-0.25, -0.2) is 0 Å². The maximum absolute atomic E-state index is 9.95. The predicted octanol–water partition coefficient (Wildman–Crippen LogP) is 2.30. The molecular formula is C13H22N2O. The average molecular weight is 222 g/mol. The fourth-order valence-corrected chi connectivity index (χ4v) is 1.86. The standard InChI is InChI=1S/C13H22N2O/c1-4-15(5-2)11-6-7-12(10(3)9-14)13(16)8-11/h6-8,10,16H,4-5,9,14H2,1-3H3. The second-order valence-corrected chi connectivity index (χ2v) is 4.05. The predicted molar refractivity (Wildman–Crippen MR) is 69.1 cm³/mol. The number of anilines is 1. The Kier molecular flexibility index (Phi) is 4.62. The third-order valence-electron chi connectivity index (χ3n) is 3.03. The minimum Gasteiger partial charge on any atom is -0.508 e. The largest absolute Gasteiger partial charge is 0.508 e. The summed E-state index contributed by atoms with van der Waals surface area (Å²) in [5.41, 5.74) is 7.60. The Balaban J connectivity index is 2.98. The molecule has 0 aliphatic heterocycles. The van der Waals surface area contributed by atoms with Gasteiger partial charge in [-0.3, -0.25) is 0 Å². The molecule has 3 nitrogen and oxygen atoms in total. The highest BCUT2D eigenvalue weighted by Crippen LogP contribution is 2.29. The molecule has 1 aromatic rings. The molecule has 90 valence electrons. The van der Waals surface area contributed by atoms with Crippen LogP contribution in [0.3, 0.4) is 0 Å². The lowest BCUT2D eigenvalue weighted by Crippen LogP contribution is -2.21. The van der Waals surface area contributed by atoms with Gasteiger partial charge in [0.05, 0.1) is 0 Å². The van der Waals surface area contributed by atoms with Gasteiger partial charge in [0, 0.05) is 24.8 Å². The first kappa shape index (κ1) is 12.8. The second kappa shape index (κ2) is 5.75. The molecule has 1 unspecified atom stereocenters. The molecule has 1 rings (SSSR count). The van der Waals surface area contributed by atoms with Crippen molar-refractivity contribution in [2.45, 2.75) is 26.7 Å². The van der Waals surface area contributed by atoms with Crippen molar-refractivity contribution >= 4 is 5.69 Å². The fourth-order valence-electron chi connectivity index (χ4n) is 1.86. The summed E-state index contributed by atoms with van der Waals surface area (Å²) < 4.78 is 0. The van der Waals surface area contributed by atoms with E-state index in [0.29, 0.717) is 12.3 Å². The number of hydrogen-bond acceptors (Lipinski definition) is 3. The van der Waals surface area contributed by atoms with E-state index in [-0.39, 0.29) is 5.92 Å². The summed E-state index contributed by atoms with van der Waals surface area (Å²) in [5.74, 6) is 0.549. The Labute approximate surface area is 97.9 Å².